The number of carbonyl (C=O) groups excluding carboxylic acids is 1. The summed E-state index contributed by atoms with van der Waals surface area (Å²) in [4.78, 5) is 11.8. The van der Waals surface area contributed by atoms with Crippen LogP contribution in [0.25, 0.3) is 11.6 Å². The van der Waals surface area contributed by atoms with E-state index in [1.165, 1.54) is 47.8 Å². The first-order valence-corrected chi connectivity index (χ1v) is 9.78. The second-order valence-electron chi connectivity index (χ2n) is 9.28. The fourth-order valence-electron chi connectivity index (χ4n) is 4.55. The summed E-state index contributed by atoms with van der Waals surface area (Å²) in [6, 6.07) is 12.9. The van der Waals surface area contributed by atoms with Gasteiger partial charge in [0, 0.05) is 0 Å². The van der Waals surface area contributed by atoms with Crippen molar-refractivity contribution in [1.29, 1.82) is 0 Å². The van der Waals surface area contributed by atoms with Crippen molar-refractivity contribution in [2.45, 2.75) is 57.8 Å². The van der Waals surface area contributed by atoms with Crippen LogP contribution in [0.4, 0.5) is 0 Å². The van der Waals surface area contributed by atoms with Gasteiger partial charge in [0.1, 0.15) is 0 Å². The van der Waals surface area contributed by atoms with Crippen LogP contribution >= 0.6 is 0 Å². The van der Waals surface area contributed by atoms with Gasteiger partial charge in [0.15, 0.2) is 0 Å². The molecule has 0 aliphatic heterocycles. The third-order valence-corrected chi connectivity index (χ3v) is 6.50. The average molecular weight is 360 g/mol. The third kappa shape index (κ3) is 3.01. The van der Waals surface area contributed by atoms with E-state index in [9.17, 15) is 4.79 Å². The number of benzene rings is 2. The first-order valence-electron chi connectivity index (χ1n) is 9.78. The number of methoxy groups -OCH3 is 1. The van der Waals surface area contributed by atoms with Gasteiger partial charge in [0.05, 0.1) is 12.7 Å². The van der Waals surface area contributed by atoms with Crippen molar-refractivity contribution in [3.63, 3.8) is 0 Å². The maximum Gasteiger partial charge on any atom is 0.337 e. The molecule has 2 heteroatoms. The molecule has 0 aromatic heterocycles. The van der Waals surface area contributed by atoms with Crippen molar-refractivity contribution in [3.05, 3.63) is 69.8 Å². The van der Waals surface area contributed by atoms with Crippen LogP contribution in [-0.2, 0) is 22.0 Å². The van der Waals surface area contributed by atoms with Crippen molar-refractivity contribution >= 4 is 17.6 Å². The molecule has 0 unspecified atom stereocenters. The summed E-state index contributed by atoms with van der Waals surface area (Å²) < 4.78 is 4.85. The van der Waals surface area contributed by atoms with Crippen molar-refractivity contribution in [1.82, 2.24) is 0 Å². The van der Waals surface area contributed by atoms with E-state index in [1.807, 2.05) is 12.1 Å². The maximum absolute atomic E-state index is 11.8. The highest BCUT2D eigenvalue weighted by molar-refractivity contribution is 5.94. The minimum absolute atomic E-state index is 0.213. The lowest BCUT2D eigenvalue weighted by molar-refractivity contribution is 0.0600. The summed E-state index contributed by atoms with van der Waals surface area (Å²) in [5.41, 5.74) is 9.08. The Morgan fingerprint density at radius 2 is 1.63 bits per heavy atom. The average Bonchev–Trinajstić information content (AvgIpc) is 3.08. The third-order valence-electron chi connectivity index (χ3n) is 6.50. The van der Waals surface area contributed by atoms with Crippen LogP contribution in [-0.4, -0.2) is 13.1 Å². The molecule has 0 atom stereocenters. The van der Waals surface area contributed by atoms with Crippen LogP contribution in [0.3, 0.4) is 0 Å². The Balaban J connectivity index is 1.74. The number of hydrogen-bond acceptors (Lipinski definition) is 2. The van der Waals surface area contributed by atoms with Crippen molar-refractivity contribution in [2.75, 3.05) is 7.11 Å². The van der Waals surface area contributed by atoms with E-state index in [0.29, 0.717) is 5.56 Å². The van der Waals surface area contributed by atoms with Gasteiger partial charge in [-0.25, -0.2) is 4.79 Å². The van der Waals surface area contributed by atoms with Crippen LogP contribution in [0.1, 0.15) is 78.7 Å². The first-order chi connectivity index (χ1) is 12.7. The van der Waals surface area contributed by atoms with Crippen molar-refractivity contribution < 1.29 is 9.53 Å². The van der Waals surface area contributed by atoms with E-state index in [4.69, 9.17) is 4.74 Å². The van der Waals surface area contributed by atoms with Crippen LogP contribution in [0.2, 0.25) is 0 Å². The van der Waals surface area contributed by atoms with Crippen LogP contribution in [0.15, 0.2) is 36.4 Å². The van der Waals surface area contributed by atoms with E-state index in [0.717, 1.165) is 12.0 Å². The minimum Gasteiger partial charge on any atom is -0.465 e. The summed E-state index contributed by atoms with van der Waals surface area (Å²) in [6.07, 6.45) is 5.60. The van der Waals surface area contributed by atoms with E-state index >= 15 is 0 Å². The zero-order valence-electron chi connectivity index (χ0n) is 17.0. The number of carbonyl (C=O) groups is 1. The van der Waals surface area contributed by atoms with Gasteiger partial charge in [-0.2, -0.15) is 0 Å². The molecule has 27 heavy (non-hydrogen) atoms. The highest BCUT2D eigenvalue weighted by Gasteiger charge is 2.37. The van der Waals surface area contributed by atoms with Gasteiger partial charge in [-0.1, -0.05) is 58.0 Å². The molecule has 0 saturated carbocycles. The number of allylic oxidation sites excluding steroid dienone is 1. The Morgan fingerprint density at radius 1 is 0.926 bits per heavy atom. The molecule has 2 aromatic rings. The highest BCUT2D eigenvalue weighted by atomic mass is 16.5. The van der Waals surface area contributed by atoms with E-state index in [2.05, 4.69) is 58.0 Å². The second-order valence-corrected chi connectivity index (χ2v) is 9.28. The van der Waals surface area contributed by atoms with Gasteiger partial charge in [-0.15, -0.1) is 0 Å². The molecular weight excluding hydrogens is 332 g/mol. The number of fused-ring (bicyclic) bond motifs is 2. The van der Waals surface area contributed by atoms with Gasteiger partial charge >= 0.3 is 5.97 Å². The normalized spacial score (nSPS) is 19.1. The monoisotopic (exact) mass is 360 g/mol. The number of hydrogen-bond donors (Lipinski definition) is 0. The predicted molar refractivity (Wildman–Crippen MR) is 111 cm³/mol. The van der Waals surface area contributed by atoms with E-state index in [-0.39, 0.29) is 16.8 Å². The Labute approximate surface area is 162 Å². The van der Waals surface area contributed by atoms with Gasteiger partial charge in [0.2, 0.25) is 0 Å². The molecule has 0 N–H and O–H groups in total. The summed E-state index contributed by atoms with van der Waals surface area (Å²) in [7, 11) is 1.42. The molecule has 2 aromatic carbocycles. The summed E-state index contributed by atoms with van der Waals surface area (Å²) in [5, 5.41) is 0. The largest absolute Gasteiger partial charge is 0.465 e. The molecule has 0 radical (unpaired) electrons. The molecule has 2 aliphatic rings. The molecule has 0 saturated heterocycles. The Morgan fingerprint density at radius 3 is 2.33 bits per heavy atom. The molecule has 0 amide bonds. The predicted octanol–water partition coefficient (Wildman–Crippen LogP) is 5.92. The lowest BCUT2D eigenvalue weighted by atomic mass is 9.63. The first kappa shape index (κ1) is 18.0. The lowest BCUT2D eigenvalue weighted by Crippen LogP contribution is -2.33. The van der Waals surface area contributed by atoms with Crippen LogP contribution < -0.4 is 0 Å². The zero-order chi connectivity index (χ0) is 19.4. The van der Waals surface area contributed by atoms with E-state index in [1.54, 1.807) is 0 Å². The minimum atomic E-state index is -0.280. The quantitative estimate of drug-likeness (QED) is 0.622. The van der Waals surface area contributed by atoms with E-state index < -0.39 is 0 Å². The molecule has 0 fully saturated rings. The van der Waals surface area contributed by atoms with Gasteiger partial charge in [0.25, 0.3) is 0 Å². The zero-order valence-corrected chi connectivity index (χ0v) is 17.0. The highest BCUT2D eigenvalue weighted by Crippen LogP contribution is 2.47. The van der Waals surface area contributed by atoms with Crippen LogP contribution in [0.5, 0.6) is 0 Å². The summed E-state index contributed by atoms with van der Waals surface area (Å²) >= 11 is 0. The maximum atomic E-state index is 11.8. The number of ether oxygens (including phenoxy) is 1. The molecule has 2 nitrogen and oxygen atoms in total. The Bertz CT molecular complexity index is 960. The molecule has 0 bridgehead atoms. The standard InChI is InChI=1S/C25H28O2/c1-24(2)10-11-25(3,4)22-15-17(8-9-21(22)24)19-12-16-6-7-18(23(26)27-5)13-20(16)14-19/h6-9,13-15H,10-12H2,1-5H3. The van der Waals surface area contributed by atoms with Gasteiger partial charge < -0.3 is 4.74 Å². The fraction of sp³-hybridized carbons (Fsp3) is 0.400. The fourth-order valence-corrected chi connectivity index (χ4v) is 4.55. The molecule has 4 rings (SSSR count). The van der Waals surface area contributed by atoms with Crippen LogP contribution in [0, 0.1) is 0 Å². The van der Waals surface area contributed by atoms with Gasteiger partial charge in [-0.05, 0) is 75.6 Å². The summed E-state index contributed by atoms with van der Waals surface area (Å²) in [6.45, 7) is 9.45. The van der Waals surface area contributed by atoms with Crippen molar-refractivity contribution in [2.24, 2.45) is 0 Å². The number of esters is 1. The molecule has 0 heterocycles. The SMILES string of the molecule is COC(=O)c1ccc2c(c1)C=C(c1ccc3c(c1)C(C)(C)CCC3(C)C)C2. The molecular formula is C25H28O2. The molecule has 140 valence electrons. The summed E-state index contributed by atoms with van der Waals surface area (Å²) in [5.74, 6) is -0.280. The smallest absolute Gasteiger partial charge is 0.337 e. The number of rotatable bonds is 2. The molecule has 2 aliphatic carbocycles. The van der Waals surface area contributed by atoms with Gasteiger partial charge in [-0.3, -0.25) is 0 Å². The second kappa shape index (κ2) is 6.09. The topological polar surface area (TPSA) is 26.3 Å². The molecule has 0 spiro atoms. The van der Waals surface area contributed by atoms with Crippen molar-refractivity contribution in [3.8, 4) is 0 Å². The lowest BCUT2D eigenvalue weighted by Gasteiger charge is -2.42. The Kier molecular flexibility index (Phi) is 4.06. The Hall–Kier alpha value is -2.35.